The van der Waals surface area contributed by atoms with Gasteiger partial charge >= 0.3 is 0 Å². The molecular weight excluding hydrogens is 264 g/mol. The second-order valence-electron chi connectivity index (χ2n) is 5.69. The lowest BCUT2D eigenvalue weighted by atomic mass is 9.94. The van der Waals surface area contributed by atoms with Crippen LogP contribution in [-0.2, 0) is 6.42 Å². The number of nitrogens with one attached hydrogen (secondary N) is 1. The third-order valence-electron chi connectivity index (χ3n) is 4.14. The topological polar surface area (TPSA) is 52.0 Å². The molecule has 2 aromatic rings. The van der Waals surface area contributed by atoms with E-state index < -0.39 is 0 Å². The molecule has 1 aromatic heterocycles. The molecule has 1 N–H and O–H groups in total. The van der Waals surface area contributed by atoms with E-state index in [1.807, 2.05) is 6.07 Å². The highest BCUT2D eigenvalue weighted by molar-refractivity contribution is 5.49. The number of aryl methyl sites for hydroxylation is 1. The van der Waals surface area contributed by atoms with E-state index in [0.29, 0.717) is 5.92 Å². The Hall–Kier alpha value is -1.88. The predicted octanol–water partition coefficient (Wildman–Crippen LogP) is 2.13. The normalized spacial score (nSPS) is 16.1. The molecule has 0 spiro atoms. The van der Waals surface area contributed by atoms with Crippen LogP contribution in [0.4, 0.5) is 0 Å². The average Bonchev–Trinajstić information content (AvgIpc) is 2.96. The van der Waals surface area contributed by atoms with E-state index in [0.717, 1.165) is 36.8 Å². The number of aromatic nitrogens is 3. The fourth-order valence-electron chi connectivity index (χ4n) is 2.93. The smallest absolute Gasteiger partial charge is 0.142 e. The Morgan fingerprint density at radius 1 is 1.33 bits per heavy atom. The number of nitrogens with zero attached hydrogens (tertiary/aromatic N) is 3. The lowest BCUT2D eigenvalue weighted by molar-refractivity contribution is 0.365. The molecule has 0 unspecified atom stereocenters. The third-order valence-corrected chi connectivity index (χ3v) is 4.14. The van der Waals surface area contributed by atoms with E-state index in [1.165, 1.54) is 18.4 Å². The Bertz CT molecular complexity index is 602. The molecule has 3 rings (SSSR count). The van der Waals surface area contributed by atoms with Crippen LogP contribution in [0, 0.1) is 12.8 Å². The van der Waals surface area contributed by atoms with Crippen molar-refractivity contribution in [2.45, 2.75) is 26.2 Å². The van der Waals surface area contributed by atoms with Crippen molar-refractivity contribution in [3.8, 4) is 11.4 Å². The molecule has 5 heteroatoms. The molecule has 1 saturated heterocycles. The van der Waals surface area contributed by atoms with E-state index in [9.17, 15) is 0 Å². The Morgan fingerprint density at radius 3 is 2.90 bits per heavy atom. The van der Waals surface area contributed by atoms with Gasteiger partial charge in [-0.3, -0.25) is 4.57 Å². The molecule has 1 aromatic carbocycles. The van der Waals surface area contributed by atoms with E-state index >= 15 is 0 Å². The van der Waals surface area contributed by atoms with Crippen LogP contribution < -0.4 is 10.1 Å². The average molecular weight is 286 g/mol. The summed E-state index contributed by atoms with van der Waals surface area (Å²) < 4.78 is 7.55. The van der Waals surface area contributed by atoms with Crippen LogP contribution in [0.2, 0.25) is 0 Å². The minimum Gasteiger partial charge on any atom is -0.495 e. The van der Waals surface area contributed by atoms with Gasteiger partial charge in [0, 0.05) is 6.42 Å². The fourth-order valence-corrected chi connectivity index (χ4v) is 2.93. The van der Waals surface area contributed by atoms with Gasteiger partial charge in [0.25, 0.3) is 0 Å². The number of rotatable bonds is 4. The van der Waals surface area contributed by atoms with Crippen LogP contribution in [-0.4, -0.2) is 35.0 Å². The predicted molar refractivity (Wildman–Crippen MR) is 81.9 cm³/mol. The highest BCUT2D eigenvalue weighted by atomic mass is 16.5. The lowest BCUT2D eigenvalue weighted by Crippen LogP contribution is -2.29. The largest absolute Gasteiger partial charge is 0.495 e. The van der Waals surface area contributed by atoms with E-state index in [1.54, 1.807) is 13.4 Å². The molecule has 0 saturated carbocycles. The first-order valence-corrected chi connectivity index (χ1v) is 7.52. The number of piperidine rings is 1. The first kappa shape index (κ1) is 14.1. The summed E-state index contributed by atoms with van der Waals surface area (Å²) in [7, 11) is 1.70. The maximum atomic E-state index is 5.48. The summed E-state index contributed by atoms with van der Waals surface area (Å²) in [5.41, 5.74) is 2.22. The molecule has 5 nitrogen and oxygen atoms in total. The second kappa shape index (κ2) is 6.26. The van der Waals surface area contributed by atoms with Gasteiger partial charge in [-0.2, -0.15) is 0 Å². The summed E-state index contributed by atoms with van der Waals surface area (Å²) in [4.78, 5) is 0. The van der Waals surface area contributed by atoms with Crippen molar-refractivity contribution in [3.63, 3.8) is 0 Å². The molecule has 21 heavy (non-hydrogen) atoms. The zero-order valence-corrected chi connectivity index (χ0v) is 12.7. The number of methoxy groups -OCH3 is 1. The van der Waals surface area contributed by atoms with Gasteiger partial charge in [-0.15, -0.1) is 10.2 Å². The molecule has 1 fully saturated rings. The number of ether oxygens (including phenoxy) is 1. The Balaban J connectivity index is 1.89. The van der Waals surface area contributed by atoms with Gasteiger partial charge in [0.2, 0.25) is 0 Å². The van der Waals surface area contributed by atoms with Crippen LogP contribution >= 0.6 is 0 Å². The van der Waals surface area contributed by atoms with Gasteiger partial charge in [0.15, 0.2) is 0 Å². The first-order chi connectivity index (χ1) is 10.3. The third kappa shape index (κ3) is 3.08. The van der Waals surface area contributed by atoms with E-state index in [-0.39, 0.29) is 0 Å². The van der Waals surface area contributed by atoms with E-state index in [4.69, 9.17) is 4.74 Å². The Morgan fingerprint density at radius 2 is 2.14 bits per heavy atom. The number of benzene rings is 1. The zero-order chi connectivity index (χ0) is 14.7. The summed E-state index contributed by atoms with van der Waals surface area (Å²) in [5.74, 6) is 2.56. The maximum absolute atomic E-state index is 5.48. The number of hydrogen-bond donors (Lipinski definition) is 1. The molecule has 0 aliphatic carbocycles. The molecular formula is C16H22N4O. The van der Waals surface area contributed by atoms with Crippen molar-refractivity contribution in [2.24, 2.45) is 5.92 Å². The molecule has 0 amide bonds. The van der Waals surface area contributed by atoms with Gasteiger partial charge in [0.1, 0.15) is 17.9 Å². The van der Waals surface area contributed by atoms with Gasteiger partial charge in [-0.1, -0.05) is 6.07 Å². The van der Waals surface area contributed by atoms with Crippen LogP contribution in [0.25, 0.3) is 5.69 Å². The van der Waals surface area contributed by atoms with Crippen LogP contribution in [0.3, 0.4) is 0 Å². The van der Waals surface area contributed by atoms with Crippen molar-refractivity contribution in [1.29, 1.82) is 0 Å². The first-order valence-electron chi connectivity index (χ1n) is 7.52. The van der Waals surface area contributed by atoms with Crippen molar-refractivity contribution in [3.05, 3.63) is 35.9 Å². The highest BCUT2D eigenvalue weighted by Crippen LogP contribution is 2.26. The minimum absolute atomic E-state index is 0.685. The van der Waals surface area contributed by atoms with Gasteiger partial charge < -0.3 is 10.1 Å². The van der Waals surface area contributed by atoms with Crippen molar-refractivity contribution >= 4 is 0 Å². The Kier molecular flexibility index (Phi) is 4.20. The molecule has 0 bridgehead atoms. The summed E-state index contributed by atoms with van der Waals surface area (Å²) in [5, 5.41) is 11.8. The summed E-state index contributed by atoms with van der Waals surface area (Å²) in [6.45, 7) is 4.29. The summed E-state index contributed by atoms with van der Waals surface area (Å²) in [6, 6.07) is 6.17. The van der Waals surface area contributed by atoms with Crippen LogP contribution in [0.5, 0.6) is 5.75 Å². The van der Waals surface area contributed by atoms with Gasteiger partial charge in [-0.05, 0) is 56.5 Å². The molecule has 112 valence electrons. The molecule has 0 atom stereocenters. The van der Waals surface area contributed by atoms with Crippen molar-refractivity contribution in [1.82, 2.24) is 20.1 Å². The van der Waals surface area contributed by atoms with Crippen LogP contribution in [0.15, 0.2) is 24.5 Å². The van der Waals surface area contributed by atoms with Gasteiger partial charge in [-0.25, -0.2) is 0 Å². The number of hydrogen-bond acceptors (Lipinski definition) is 4. The summed E-state index contributed by atoms with van der Waals surface area (Å²) in [6.07, 6.45) is 5.17. The summed E-state index contributed by atoms with van der Waals surface area (Å²) >= 11 is 0. The van der Waals surface area contributed by atoms with Gasteiger partial charge in [0.05, 0.1) is 12.8 Å². The quantitative estimate of drug-likeness (QED) is 0.935. The van der Waals surface area contributed by atoms with Crippen molar-refractivity contribution < 1.29 is 4.74 Å². The van der Waals surface area contributed by atoms with Crippen LogP contribution in [0.1, 0.15) is 24.2 Å². The molecule has 1 aliphatic heterocycles. The zero-order valence-electron chi connectivity index (χ0n) is 12.7. The SMILES string of the molecule is COc1ccc(C)cc1-n1cnnc1CC1CCNCC1. The molecule has 1 aliphatic rings. The molecule has 2 heterocycles. The monoisotopic (exact) mass is 286 g/mol. The lowest BCUT2D eigenvalue weighted by Gasteiger charge is -2.22. The maximum Gasteiger partial charge on any atom is 0.142 e. The standard InChI is InChI=1S/C16H22N4O/c1-12-3-4-15(21-2)14(9-12)20-11-18-19-16(20)10-13-5-7-17-8-6-13/h3-4,9,11,13,17H,5-8,10H2,1-2H3. The van der Waals surface area contributed by atoms with Crippen molar-refractivity contribution in [2.75, 3.05) is 20.2 Å². The minimum atomic E-state index is 0.685. The van der Waals surface area contributed by atoms with E-state index in [2.05, 4.69) is 39.1 Å². The molecule has 0 radical (unpaired) electrons. The second-order valence-corrected chi connectivity index (χ2v) is 5.69. The highest BCUT2D eigenvalue weighted by Gasteiger charge is 2.18. The Labute approximate surface area is 125 Å². The fraction of sp³-hybridized carbons (Fsp3) is 0.500.